The van der Waals surface area contributed by atoms with Crippen LogP contribution in [0.25, 0.3) is 0 Å². The van der Waals surface area contributed by atoms with Crippen molar-refractivity contribution in [3.05, 3.63) is 18.7 Å². The fourth-order valence-electron chi connectivity index (χ4n) is 1.51. The van der Waals surface area contributed by atoms with Crippen molar-refractivity contribution in [3.8, 4) is 0 Å². The molecule has 0 aliphatic carbocycles. The third kappa shape index (κ3) is 5.28. The van der Waals surface area contributed by atoms with Gasteiger partial charge in [-0.25, -0.2) is 9.13 Å². The summed E-state index contributed by atoms with van der Waals surface area (Å²) in [6.07, 6.45) is 7.36. The van der Waals surface area contributed by atoms with Crippen LogP contribution in [-0.4, -0.2) is 31.0 Å². The van der Waals surface area contributed by atoms with Gasteiger partial charge < -0.3 is 9.47 Å². The summed E-state index contributed by atoms with van der Waals surface area (Å²) in [4.78, 5) is 0. The number of imidazole rings is 1. The molecule has 0 bridgehead atoms. The summed E-state index contributed by atoms with van der Waals surface area (Å²) in [7, 11) is 0. The van der Waals surface area contributed by atoms with Crippen LogP contribution in [0.2, 0.25) is 0 Å². The molecule has 0 amide bonds. The Morgan fingerprint density at radius 1 is 1.12 bits per heavy atom. The van der Waals surface area contributed by atoms with Gasteiger partial charge in [-0.15, -0.1) is 0 Å². The van der Waals surface area contributed by atoms with Crippen molar-refractivity contribution < 1.29 is 14.0 Å². The van der Waals surface area contributed by atoms with Gasteiger partial charge >= 0.3 is 0 Å². The number of aryl methyl sites for hydroxylation is 1. The molecule has 0 fully saturated rings. The fourth-order valence-corrected chi connectivity index (χ4v) is 1.51. The zero-order chi connectivity index (χ0) is 11.6. The predicted octanol–water partition coefficient (Wildman–Crippen LogP) is 1.24. The van der Waals surface area contributed by atoms with E-state index >= 15 is 0 Å². The number of aromatic nitrogens is 2. The van der Waals surface area contributed by atoms with Crippen LogP contribution in [0, 0.1) is 0 Å². The lowest BCUT2D eigenvalue weighted by atomic mass is 10.4. The van der Waals surface area contributed by atoms with Gasteiger partial charge in [0.25, 0.3) is 0 Å². The van der Waals surface area contributed by atoms with Crippen molar-refractivity contribution in [1.82, 2.24) is 4.57 Å². The first-order valence-electron chi connectivity index (χ1n) is 6.07. The number of nitrogens with zero attached hydrogens (tertiary/aromatic N) is 2. The molecular formula is C12H23N2O2+. The topological polar surface area (TPSA) is 27.3 Å². The van der Waals surface area contributed by atoms with E-state index in [0.29, 0.717) is 0 Å². The van der Waals surface area contributed by atoms with Gasteiger partial charge in [-0.2, -0.15) is 0 Å². The monoisotopic (exact) mass is 227 g/mol. The SMILES string of the molecule is CCOCCC[n+]1ccn(CCOCC)c1. The van der Waals surface area contributed by atoms with Gasteiger partial charge in [0.05, 0.1) is 19.8 Å². The first kappa shape index (κ1) is 13.2. The molecule has 0 saturated carbocycles. The number of hydrogen-bond donors (Lipinski definition) is 0. The van der Waals surface area contributed by atoms with Crippen LogP contribution < -0.4 is 4.57 Å². The minimum atomic E-state index is 0.782. The quantitative estimate of drug-likeness (QED) is 0.469. The Morgan fingerprint density at radius 3 is 2.62 bits per heavy atom. The lowest BCUT2D eigenvalue weighted by Gasteiger charge is -1.99. The van der Waals surface area contributed by atoms with E-state index in [1.807, 2.05) is 13.8 Å². The van der Waals surface area contributed by atoms with Gasteiger partial charge in [-0.1, -0.05) is 0 Å². The van der Waals surface area contributed by atoms with Gasteiger partial charge in [0.1, 0.15) is 18.9 Å². The third-order valence-electron chi connectivity index (χ3n) is 2.35. The van der Waals surface area contributed by atoms with Gasteiger partial charge in [0, 0.05) is 19.6 Å². The molecule has 0 unspecified atom stereocenters. The highest BCUT2D eigenvalue weighted by Gasteiger charge is 2.02. The molecule has 1 rings (SSSR count). The lowest BCUT2D eigenvalue weighted by Crippen LogP contribution is -2.31. The molecule has 92 valence electrons. The zero-order valence-corrected chi connectivity index (χ0v) is 10.4. The maximum atomic E-state index is 5.31. The lowest BCUT2D eigenvalue weighted by molar-refractivity contribution is -0.697. The molecule has 0 spiro atoms. The summed E-state index contributed by atoms with van der Waals surface area (Å²) in [5, 5.41) is 0. The highest BCUT2D eigenvalue weighted by atomic mass is 16.5. The molecule has 4 heteroatoms. The molecule has 0 radical (unpaired) electrons. The third-order valence-corrected chi connectivity index (χ3v) is 2.35. The Hall–Kier alpha value is -0.870. The van der Waals surface area contributed by atoms with E-state index in [2.05, 4.69) is 27.9 Å². The number of hydrogen-bond acceptors (Lipinski definition) is 2. The normalized spacial score (nSPS) is 10.9. The highest BCUT2D eigenvalue weighted by Crippen LogP contribution is 1.88. The van der Waals surface area contributed by atoms with Crippen molar-refractivity contribution in [2.24, 2.45) is 0 Å². The molecular weight excluding hydrogens is 204 g/mol. The second kappa shape index (κ2) is 8.30. The molecule has 0 aromatic carbocycles. The van der Waals surface area contributed by atoms with E-state index in [1.54, 1.807) is 0 Å². The van der Waals surface area contributed by atoms with E-state index in [4.69, 9.17) is 9.47 Å². The summed E-state index contributed by atoms with van der Waals surface area (Å²) in [5.41, 5.74) is 0. The van der Waals surface area contributed by atoms with Crippen molar-refractivity contribution in [2.45, 2.75) is 33.4 Å². The minimum Gasteiger partial charge on any atom is -0.382 e. The zero-order valence-electron chi connectivity index (χ0n) is 10.4. The summed E-state index contributed by atoms with van der Waals surface area (Å²) in [5.74, 6) is 0. The van der Waals surface area contributed by atoms with E-state index in [0.717, 1.165) is 45.9 Å². The van der Waals surface area contributed by atoms with E-state index in [-0.39, 0.29) is 0 Å². The first-order valence-corrected chi connectivity index (χ1v) is 6.07. The average Bonchev–Trinajstić information content (AvgIpc) is 2.73. The Bertz CT molecular complexity index is 274. The fraction of sp³-hybridized carbons (Fsp3) is 0.750. The maximum Gasteiger partial charge on any atom is 0.243 e. The van der Waals surface area contributed by atoms with Crippen molar-refractivity contribution in [1.29, 1.82) is 0 Å². The number of ether oxygens (including phenoxy) is 2. The second-order valence-corrected chi connectivity index (χ2v) is 3.64. The van der Waals surface area contributed by atoms with Crippen LogP contribution in [0.5, 0.6) is 0 Å². The van der Waals surface area contributed by atoms with Gasteiger partial charge in [0.2, 0.25) is 6.33 Å². The summed E-state index contributed by atoms with van der Waals surface area (Å²) in [6, 6.07) is 0. The molecule has 1 heterocycles. The molecule has 1 aromatic rings. The van der Waals surface area contributed by atoms with E-state index in [9.17, 15) is 0 Å². The van der Waals surface area contributed by atoms with Gasteiger partial charge in [-0.3, -0.25) is 0 Å². The second-order valence-electron chi connectivity index (χ2n) is 3.64. The van der Waals surface area contributed by atoms with Crippen LogP contribution in [-0.2, 0) is 22.6 Å². The largest absolute Gasteiger partial charge is 0.382 e. The van der Waals surface area contributed by atoms with E-state index in [1.165, 1.54) is 0 Å². The Kier molecular flexibility index (Phi) is 6.85. The average molecular weight is 227 g/mol. The van der Waals surface area contributed by atoms with Crippen molar-refractivity contribution >= 4 is 0 Å². The minimum absolute atomic E-state index is 0.782. The summed E-state index contributed by atoms with van der Waals surface area (Å²) < 4.78 is 14.9. The molecule has 1 aromatic heterocycles. The van der Waals surface area contributed by atoms with Crippen LogP contribution in [0.4, 0.5) is 0 Å². The molecule has 4 nitrogen and oxygen atoms in total. The first-order chi connectivity index (χ1) is 7.86. The van der Waals surface area contributed by atoms with Crippen LogP contribution in [0.15, 0.2) is 18.7 Å². The smallest absolute Gasteiger partial charge is 0.243 e. The molecule has 0 N–H and O–H groups in total. The Balaban J connectivity index is 2.17. The van der Waals surface area contributed by atoms with Crippen molar-refractivity contribution in [3.63, 3.8) is 0 Å². The van der Waals surface area contributed by atoms with Crippen LogP contribution in [0.3, 0.4) is 0 Å². The highest BCUT2D eigenvalue weighted by molar-refractivity contribution is 4.65. The summed E-state index contributed by atoms with van der Waals surface area (Å²) >= 11 is 0. The van der Waals surface area contributed by atoms with Gasteiger partial charge in [-0.05, 0) is 13.8 Å². The number of rotatable bonds is 9. The Labute approximate surface area is 97.8 Å². The van der Waals surface area contributed by atoms with Crippen LogP contribution in [0.1, 0.15) is 20.3 Å². The van der Waals surface area contributed by atoms with Crippen molar-refractivity contribution in [2.75, 3.05) is 26.4 Å². The summed E-state index contributed by atoms with van der Waals surface area (Å²) in [6.45, 7) is 9.20. The molecule has 16 heavy (non-hydrogen) atoms. The molecule has 0 aliphatic heterocycles. The Morgan fingerprint density at radius 2 is 1.88 bits per heavy atom. The predicted molar refractivity (Wildman–Crippen MR) is 62.2 cm³/mol. The molecule has 0 saturated heterocycles. The molecule has 0 aliphatic rings. The van der Waals surface area contributed by atoms with Crippen LogP contribution >= 0.6 is 0 Å². The maximum absolute atomic E-state index is 5.31. The standard InChI is InChI=1S/C12H23N2O2/c1-3-15-10-5-6-13-7-8-14(12-13)9-11-16-4-2/h7-8,12H,3-6,9-11H2,1-2H3/q+1. The van der Waals surface area contributed by atoms with E-state index < -0.39 is 0 Å². The molecule has 0 atom stereocenters. The van der Waals surface area contributed by atoms with Gasteiger partial charge in [0.15, 0.2) is 0 Å².